The molecule has 4 rings (SSSR count). The van der Waals surface area contributed by atoms with E-state index in [-0.39, 0.29) is 24.4 Å². The van der Waals surface area contributed by atoms with Crippen molar-refractivity contribution in [3.8, 4) is 5.75 Å². The summed E-state index contributed by atoms with van der Waals surface area (Å²) in [5.74, 6) is -0.324. The van der Waals surface area contributed by atoms with Crippen molar-refractivity contribution in [1.29, 1.82) is 0 Å². The average Bonchev–Trinajstić information content (AvgIpc) is 3.44. The van der Waals surface area contributed by atoms with E-state index < -0.39 is 11.9 Å². The van der Waals surface area contributed by atoms with Gasteiger partial charge in [-0.1, -0.05) is 11.6 Å². The van der Waals surface area contributed by atoms with Crippen molar-refractivity contribution in [2.75, 3.05) is 26.9 Å². The van der Waals surface area contributed by atoms with Crippen LogP contribution in [0.25, 0.3) is 5.70 Å². The number of carbonyl (C=O) groups is 2. The third-order valence-electron chi connectivity index (χ3n) is 6.48. The molecule has 2 aliphatic rings. The van der Waals surface area contributed by atoms with Crippen LogP contribution in [0.15, 0.2) is 39.3 Å². The first kappa shape index (κ1) is 28.7. The molecule has 2 N–H and O–H groups in total. The van der Waals surface area contributed by atoms with Gasteiger partial charge in [0.1, 0.15) is 18.1 Å². The first-order chi connectivity index (χ1) is 18.7. The van der Waals surface area contributed by atoms with Gasteiger partial charge in [0.15, 0.2) is 0 Å². The lowest BCUT2D eigenvalue weighted by molar-refractivity contribution is -0.122. The summed E-state index contributed by atoms with van der Waals surface area (Å²) in [6, 6.07) is 5.65. The molecule has 2 amide bonds. The van der Waals surface area contributed by atoms with Crippen molar-refractivity contribution in [2.45, 2.75) is 45.3 Å². The molecule has 0 bridgehead atoms. The van der Waals surface area contributed by atoms with Gasteiger partial charge >= 0.3 is 0 Å². The van der Waals surface area contributed by atoms with Crippen molar-refractivity contribution in [2.24, 2.45) is 9.98 Å². The molecular weight excluding hydrogens is 545 g/mol. The van der Waals surface area contributed by atoms with E-state index in [0.29, 0.717) is 53.3 Å². The van der Waals surface area contributed by atoms with Crippen LogP contribution in [0.4, 0.5) is 4.39 Å². The number of benzene rings is 1. The van der Waals surface area contributed by atoms with E-state index in [0.717, 1.165) is 22.6 Å². The predicted octanol–water partition coefficient (Wildman–Crippen LogP) is 4.48. The third-order valence-corrected chi connectivity index (χ3v) is 7.80. The number of halogens is 2. The molecule has 3 heterocycles. The lowest BCUT2D eigenvalue weighted by atomic mass is 10.1. The van der Waals surface area contributed by atoms with Crippen molar-refractivity contribution < 1.29 is 23.5 Å². The zero-order valence-electron chi connectivity index (χ0n) is 22.1. The maximum absolute atomic E-state index is 13.9. The Hall–Kier alpha value is -3.28. The van der Waals surface area contributed by atoms with Gasteiger partial charge in [0.05, 0.1) is 41.9 Å². The van der Waals surface area contributed by atoms with Gasteiger partial charge in [-0.25, -0.2) is 14.4 Å². The molecule has 1 atom stereocenters. The van der Waals surface area contributed by atoms with Crippen molar-refractivity contribution >= 4 is 53.1 Å². The van der Waals surface area contributed by atoms with Gasteiger partial charge in [0.25, 0.3) is 5.91 Å². The Labute approximate surface area is 235 Å². The molecule has 2 aliphatic heterocycles. The Morgan fingerprint density at radius 3 is 2.72 bits per heavy atom. The molecule has 2 aromatic rings. The maximum Gasteiger partial charge on any atom is 0.255 e. The molecule has 1 fully saturated rings. The second-order valence-corrected chi connectivity index (χ2v) is 11.0. The number of nitrogens with one attached hydrogen (secondary N) is 2. The second kappa shape index (κ2) is 12.7. The third kappa shape index (κ3) is 7.03. The quantitative estimate of drug-likeness (QED) is 0.357. The van der Waals surface area contributed by atoms with Gasteiger partial charge in [-0.3, -0.25) is 9.59 Å². The molecule has 208 valence electrons. The Kier molecular flexibility index (Phi) is 9.36. The number of ether oxygens (including phenoxy) is 2. The number of carbonyl (C=O) groups excluding carboxylic acids is 2. The van der Waals surface area contributed by atoms with E-state index in [9.17, 15) is 14.0 Å². The normalized spacial score (nSPS) is 17.4. The molecule has 9 nitrogen and oxygen atoms in total. The van der Waals surface area contributed by atoms with Gasteiger partial charge < -0.3 is 25.0 Å². The Balaban J connectivity index is 1.40. The number of methoxy groups -OCH3 is 1. The first-order valence-corrected chi connectivity index (χ1v) is 13.7. The van der Waals surface area contributed by atoms with Crippen LogP contribution < -0.4 is 15.4 Å². The topological polar surface area (TPSA) is 105 Å². The molecular formula is C27H31ClFN5O4S. The van der Waals surface area contributed by atoms with E-state index in [1.807, 2.05) is 0 Å². The second-order valence-electron chi connectivity index (χ2n) is 9.31. The van der Waals surface area contributed by atoms with E-state index in [1.165, 1.54) is 35.5 Å². The Morgan fingerprint density at radius 2 is 2.08 bits per heavy atom. The minimum atomic E-state index is -0.471. The number of hydrogen-bond donors (Lipinski definition) is 2. The molecule has 12 heteroatoms. The molecule has 0 spiro atoms. The number of aliphatic imine (C=N–C) groups is 2. The lowest BCUT2D eigenvalue weighted by Crippen LogP contribution is -2.38. The molecule has 0 radical (unpaired) electrons. The maximum atomic E-state index is 13.9. The van der Waals surface area contributed by atoms with E-state index in [2.05, 4.69) is 27.3 Å². The highest BCUT2D eigenvalue weighted by atomic mass is 35.5. The van der Waals surface area contributed by atoms with E-state index in [1.54, 1.807) is 26.0 Å². The number of hydrogen-bond acceptors (Lipinski definition) is 6. The fourth-order valence-corrected chi connectivity index (χ4v) is 5.85. The molecule has 0 unspecified atom stereocenters. The average molecular weight is 576 g/mol. The molecule has 0 saturated carbocycles. The summed E-state index contributed by atoms with van der Waals surface area (Å²) in [6.45, 7) is 8.60. The number of thiophene rings is 1. The number of nitrogens with zero attached hydrogens (tertiary/aromatic N) is 3. The largest absolute Gasteiger partial charge is 0.497 e. The summed E-state index contributed by atoms with van der Waals surface area (Å²) in [5, 5.41) is 6.49. The number of amides is 2. The zero-order chi connectivity index (χ0) is 28.1. The van der Waals surface area contributed by atoms with Crippen LogP contribution in [0.3, 0.4) is 0 Å². The van der Waals surface area contributed by atoms with Crippen LogP contribution in [0.5, 0.6) is 5.75 Å². The first-order valence-electron chi connectivity index (χ1n) is 12.5. The van der Waals surface area contributed by atoms with Gasteiger partial charge in [0, 0.05) is 29.2 Å². The minimum Gasteiger partial charge on any atom is -0.497 e. The van der Waals surface area contributed by atoms with Crippen LogP contribution in [-0.4, -0.2) is 62.3 Å². The fraction of sp³-hybridized carbons (Fsp3) is 0.407. The monoisotopic (exact) mass is 575 g/mol. The summed E-state index contributed by atoms with van der Waals surface area (Å²) in [4.78, 5) is 37.6. The van der Waals surface area contributed by atoms with E-state index >= 15 is 0 Å². The molecule has 1 saturated heterocycles. The summed E-state index contributed by atoms with van der Waals surface area (Å²) in [7, 11) is 1.45. The summed E-state index contributed by atoms with van der Waals surface area (Å²) in [5.41, 5.74) is 1.69. The lowest BCUT2D eigenvalue weighted by Gasteiger charge is -2.20. The van der Waals surface area contributed by atoms with Crippen LogP contribution in [0, 0.1) is 5.82 Å². The minimum absolute atomic E-state index is 0.0870. The number of allylic oxidation sites excluding steroid dienone is 1. The van der Waals surface area contributed by atoms with Crippen molar-refractivity contribution in [3.63, 3.8) is 0 Å². The summed E-state index contributed by atoms with van der Waals surface area (Å²) in [6.07, 6.45) is 1.61. The van der Waals surface area contributed by atoms with Gasteiger partial charge in [0.2, 0.25) is 11.9 Å². The summed E-state index contributed by atoms with van der Waals surface area (Å²) >= 11 is 7.83. The number of guanidine groups is 1. The van der Waals surface area contributed by atoms with Crippen molar-refractivity contribution in [1.82, 2.24) is 15.5 Å². The van der Waals surface area contributed by atoms with Crippen LogP contribution in [0.2, 0.25) is 0 Å². The van der Waals surface area contributed by atoms with Crippen LogP contribution >= 0.6 is 22.9 Å². The van der Waals surface area contributed by atoms with Crippen LogP contribution in [0.1, 0.15) is 58.4 Å². The molecule has 1 aromatic carbocycles. The SMILES string of the molecule is C=NC(=NC1CCOCC1)N/C(=C(\C)Cl)c1cc2c(s1)CN(CC(=O)N[C@H](C)c1cc(F)cc(OC)c1)C2=O. The standard InChI is InChI=1S/C27H31ClFN5O4S/c1-15(28)25(33-27(30-3)32-19-5-7-38-8-6-19)22-12-21-23(39-22)13-34(26(21)36)14-24(35)31-16(2)17-9-18(29)11-20(10-17)37-4/h9-12,16,19H,3,5-8,13-14H2,1-2,4H3,(H,31,35)(H,32,33)/b25-15+/t16-/m1/s1. The van der Waals surface area contributed by atoms with Crippen molar-refractivity contribution in [3.05, 3.63) is 56.0 Å². The highest BCUT2D eigenvalue weighted by Crippen LogP contribution is 2.35. The van der Waals surface area contributed by atoms with Crippen LogP contribution in [-0.2, 0) is 16.1 Å². The fourth-order valence-electron chi connectivity index (χ4n) is 4.42. The highest BCUT2D eigenvalue weighted by Gasteiger charge is 2.32. The smallest absolute Gasteiger partial charge is 0.255 e. The predicted molar refractivity (Wildman–Crippen MR) is 151 cm³/mol. The van der Waals surface area contributed by atoms with Gasteiger partial charge in [-0.15, -0.1) is 11.3 Å². The zero-order valence-corrected chi connectivity index (χ0v) is 23.6. The van der Waals surface area contributed by atoms with E-state index in [4.69, 9.17) is 21.1 Å². The molecule has 0 aliphatic carbocycles. The molecule has 1 aromatic heterocycles. The molecule has 39 heavy (non-hydrogen) atoms. The highest BCUT2D eigenvalue weighted by molar-refractivity contribution is 7.13. The number of fused-ring (bicyclic) bond motifs is 1. The van der Waals surface area contributed by atoms with Gasteiger partial charge in [-0.05, 0) is 57.2 Å². The Morgan fingerprint density at radius 1 is 1.33 bits per heavy atom. The van der Waals surface area contributed by atoms with Gasteiger partial charge in [-0.2, -0.15) is 0 Å². The summed E-state index contributed by atoms with van der Waals surface area (Å²) < 4.78 is 24.4. The Bertz CT molecular complexity index is 1320. The number of rotatable bonds is 8.